The molecule has 1 amide bonds. The van der Waals surface area contributed by atoms with Gasteiger partial charge in [0, 0.05) is 24.7 Å². The van der Waals surface area contributed by atoms with E-state index in [0.29, 0.717) is 13.1 Å². The number of rotatable bonds is 7. The number of carbonyl (C=O) groups excluding carboxylic acids is 1. The van der Waals surface area contributed by atoms with Crippen molar-refractivity contribution < 1.29 is 14.3 Å². The van der Waals surface area contributed by atoms with Gasteiger partial charge in [0.25, 0.3) is 0 Å². The van der Waals surface area contributed by atoms with Crippen molar-refractivity contribution in [1.82, 2.24) is 10.6 Å². The quantitative estimate of drug-likeness (QED) is 0.781. The number of likely N-dealkylation sites (N-methyl/N-ethyl adjacent to an activating group) is 1. The molecule has 0 aliphatic carbocycles. The van der Waals surface area contributed by atoms with Gasteiger partial charge in [-0.1, -0.05) is 6.07 Å². The van der Waals surface area contributed by atoms with Crippen molar-refractivity contribution in [2.24, 2.45) is 0 Å². The predicted molar refractivity (Wildman–Crippen MR) is 74.5 cm³/mol. The van der Waals surface area contributed by atoms with Gasteiger partial charge in [-0.05, 0) is 19.9 Å². The highest BCUT2D eigenvalue weighted by molar-refractivity contribution is 5.81. The molecule has 1 unspecified atom stereocenters. The number of nitrogens with one attached hydrogen (secondary N) is 2. The number of hydrogen-bond donors (Lipinski definition) is 2. The first-order valence-corrected chi connectivity index (χ1v) is 6.34. The second-order valence-electron chi connectivity index (χ2n) is 4.17. The van der Waals surface area contributed by atoms with Gasteiger partial charge in [0.1, 0.15) is 11.5 Å². The lowest BCUT2D eigenvalue weighted by atomic mass is 10.1. The minimum Gasteiger partial charge on any atom is -0.497 e. The molecule has 1 aromatic carbocycles. The van der Waals surface area contributed by atoms with E-state index in [-0.39, 0.29) is 11.9 Å². The van der Waals surface area contributed by atoms with E-state index in [0.717, 1.165) is 17.1 Å². The Labute approximate surface area is 114 Å². The fourth-order valence-electron chi connectivity index (χ4n) is 1.68. The highest BCUT2D eigenvalue weighted by Crippen LogP contribution is 2.24. The summed E-state index contributed by atoms with van der Waals surface area (Å²) in [5, 5.41) is 5.94. The lowest BCUT2D eigenvalue weighted by Crippen LogP contribution is -2.41. The second-order valence-corrected chi connectivity index (χ2v) is 4.17. The van der Waals surface area contributed by atoms with Crippen LogP contribution in [0.5, 0.6) is 11.5 Å². The molecule has 5 heteroatoms. The van der Waals surface area contributed by atoms with Crippen LogP contribution in [0.15, 0.2) is 18.2 Å². The third kappa shape index (κ3) is 4.44. The highest BCUT2D eigenvalue weighted by Gasteiger charge is 2.12. The van der Waals surface area contributed by atoms with Gasteiger partial charge in [-0.15, -0.1) is 0 Å². The van der Waals surface area contributed by atoms with Gasteiger partial charge in [-0.2, -0.15) is 0 Å². The second kappa shape index (κ2) is 7.63. The van der Waals surface area contributed by atoms with E-state index in [2.05, 4.69) is 10.6 Å². The van der Waals surface area contributed by atoms with Crippen LogP contribution in [0, 0.1) is 0 Å². The average Bonchev–Trinajstić information content (AvgIpc) is 2.44. The maximum Gasteiger partial charge on any atom is 0.236 e. The smallest absolute Gasteiger partial charge is 0.236 e. The maximum atomic E-state index is 11.6. The average molecular weight is 266 g/mol. The van der Waals surface area contributed by atoms with Crippen LogP contribution in [-0.4, -0.2) is 32.7 Å². The van der Waals surface area contributed by atoms with Crippen molar-refractivity contribution in [3.63, 3.8) is 0 Å². The third-order valence-electron chi connectivity index (χ3n) is 2.84. The van der Waals surface area contributed by atoms with Crippen LogP contribution in [0.3, 0.4) is 0 Å². The van der Waals surface area contributed by atoms with E-state index in [4.69, 9.17) is 9.47 Å². The Balaban J connectivity index is 2.64. The van der Waals surface area contributed by atoms with Crippen LogP contribution in [0.4, 0.5) is 0 Å². The molecular formula is C14H22N2O3. The number of benzene rings is 1. The number of carbonyl (C=O) groups is 1. The number of ether oxygens (including phenoxy) is 2. The zero-order chi connectivity index (χ0) is 14.3. The fraction of sp³-hybridized carbons (Fsp3) is 0.500. The van der Waals surface area contributed by atoms with E-state index < -0.39 is 0 Å². The SMILES string of the molecule is CCNC(=O)C(C)NCc1ccc(OC)cc1OC. The first-order valence-electron chi connectivity index (χ1n) is 6.34. The summed E-state index contributed by atoms with van der Waals surface area (Å²) < 4.78 is 10.5. The lowest BCUT2D eigenvalue weighted by molar-refractivity contribution is -0.122. The number of amides is 1. The molecule has 19 heavy (non-hydrogen) atoms. The Kier molecular flexibility index (Phi) is 6.15. The zero-order valence-electron chi connectivity index (χ0n) is 11.9. The Bertz CT molecular complexity index is 421. The van der Waals surface area contributed by atoms with Gasteiger partial charge < -0.3 is 20.1 Å². The molecule has 0 radical (unpaired) electrons. The van der Waals surface area contributed by atoms with Crippen LogP contribution < -0.4 is 20.1 Å². The van der Waals surface area contributed by atoms with Crippen LogP contribution >= 0.6 is 0 Å². The highest BCUT2D eigenvalue weighted by atomic mass is 16.5. The summed E-state index contributed by atoms with van der Waals surface area (Å²) in [4.78, 5) is 11.6. The van der Waals surface area contributed by atoms with Crippen LogP contribution in [0.25, 0.3) is 0 Å². The lowest BCUT2D eigenvalue weighted by Gasteiger charge is -2.15. The summed E-state index contributed by atoms with van der Waals surface area (Å²) in [7, 11) is 3.23. The van der Waals surface area contributed by atoms with Crippen molar-refractivity contribution in [1.29, 1.82) is 0 Å². The molecule has 0 aliphatic rings. The van der Waals surface area contributed by atoms with Gasteiger partial charge in [0.05, 0.1) is 20.3 Å². The van der Waals surface area contributed by atoms with E-state index in [1.807, 2.05) is 32.0 Å². The minimum absolute atomic E-state index is 0.00465. The summed E-state index contributed by atoms with van der Waals surface area (Å²) in [5.74, 6) is 1.49. The molecule has 0 saturated carbocycles. The predicted octanol–water partition coefficient (Wildman–Crippen LogP) is 1.32. The van der Waals surface area contributed by atoms with E-state index in [1.54, 1.807) is 14.2 Å². The van der Waals surface area contributed by atoms with Crippen molar-refractivity contribution in [3.8, 4) is 11.5 Å². The molecule has 1 aromatic rings. The molecule has 0 heterocycles. The summed E-state index contributed by atoms with van der Waals surface area (Å²) >= 11 is 0. The zero-order valence-corrected chi connectivity index (χ0v) is 11.9. The summed E-state index contributed by atoms with van der Waals surface area (Å²) in [6, 6.07) is 5.38. The summed E-state index contributed by atoms with van der Waals surface area (Å²) in [6.07, 6.45) is 0. The largest absolute Gasteiger partial charge is 0.497 e. The van der Waals surface area contributed by atoms with Crippen molar-refractivity contribution in [2.45, 2.75) is 26.4 Å². The number of hydrogen-bond acceptors (Lipinski definition) is 4. The first-order chi connectivity index (χ1) is 9.12. The van der Waals surface area contributed by atoms with Gasteiger partial charge in [0.15, 0.2) is 0 Å². The number of methoxy groups -OCH3 is 2. The summed E-state index contributed by atoms with van der Waals surface area (Å²) in [6.45, 7) is 4.93. The molecule has 0 bridgehead atoms. The Morgan fingerprint density at radius 1 is 1.32 bits per heavy atom. The molecule has 0 spiro atoms. The minimum atomic E-state index is -0.244. The van der Waals surface area contributed by atoms with Crippen molar-refractivity contribution in [2.75, 3.05) is 20.8 Å². The molecule has 0 aromatic heterocycles. The van der Waals surface area contributed by atoms with E-state index in [9.17, 15) is 4.79 Å². The monoisotopic (exact) mass is 266 g/mol. The van der Waals surface area contributed by atoms with E-state index >= 15 is 0 Å². The van der Waals surface area contributed by atoms with Crippen LogP contribution in [0.1, 0.15) is 19.4 Å². The Hall–Kier alpha value is -1.75. The molecule has 2 N–H and O–H groups in total. The van der Waals surface area contributed by atoms with Crippen molar-refractivity contribution >= 4 is 5.91 Å². The van der Waals surface area contributed by atoms with Gasteiger partial charge >= 0.3 is 0 Å². The molecule has 5 nitrogen and oxygen atoms in total. The Morgan fingerprint density at radius 3 is 2.63 bits per heavy atom. The Morgan fingerprint density at radius 2 is 2.05 bits per heavy atom. The maximum absolute atomic E-state index is 11.6. The molecule has 0 aliphatic heterocycles. The van der Waals surface area contributed by atoms with E-state index in [1.165, 1.54) is 0 Å². The summed E-state index contributed by atoms with van der Waals surface area (Å²) in [5.41, 5.74) is 0.986. The topological polar surface area (TPSA) is 59.6 Å². The normalized spacial score (nSPS) is 11.8. The fourth-order valence-corrected chi connectivity index (χ4v) is 1.68. The van der Waals surface area contributed by atoms with Crippen LogP contribution in [-0.2, 0) is 11.3 Å². The third-order valence-corrected chi connectivity index (χ3v) is 2.84. The molecule has 0 fully saturated rings. The molecule has 1 atom stereocenters. The van der Waals surface area contributed by atoms with Gasteiger partial charge in [-0.25, -0.2) is 0 Å². The molecular weight excluding hydrogens is 244 g/mol. The van der Waals surface area contributed by atoms with Crippen molar-refractivity contribution in [3.05, 3.63) is 23.8 Å². The van der Waals surface area contributed by atoms with Gasteiger partial charge in [0.2, 0.25) is 5.91 Å². The first kappa shape index (κ1) is 15.3. The standard InChI is InChI=1S/C14H22N2O3/c1-5-15-14(17)10(2)16-9-11-6-7-12(18-3)8-13(11)19-4/h6-8,10,16H,5,9H2,1-4H3,(H,15,17). The van der Waals surface area contributed by atoms with Gasteiger partial charge in [-0.3, -0.25) is 4.79 Å². The molecule has 1 rings (SSSR count). The molecule has 0 saturated heterocycles. The van der Waals surface area contributed by atoms with Crippen LogP contribution in [0.2, 0.25) is 0 Å². The molecule has 106 valence electrons.